The van der Waals surface area contributed by atoms with Gasteiger partial charge in [-0.15, -0.1) is 0 Å². The molecule has 0 fully saturated rings. The molecule has 0 atom stereocenters. The molecule has 1 heterocycles. The molecule has 0 spiro atoms. The van der Waals surface area contributed by atoms with E-state index in [-0.39, 0.29) is 12.0 Å². The van der Waals surface area contributed by atoms with Gasteiger partial charge in [0, 0.05) is 6.04 Å². The quantitative estimate of drug-likeness (QED) is 0.621. The van der Waals surface area contributed by atoms with Crippen LogP contribution in [0.5, 0.6) is 0 Å². The van der Waals surface area contributed by atoms with Crippen molar-refractivity contribution in [3.05, 3.63) is 15.0 Å². The fraction of sp³-hybridized carbons (Fsp3) is 0.556. The van der Waals surface area contributed by atoms with Crippen molar-refractivity contribution in [1.82, 2.24) is 9.78 Å². The molecule has 0 saturated carbocycles. The van der Waals surface area contributed by atoms with Crippen LogP contribution in [0, 0.1) is 10.6 Å². The molecule has 0 aliphatic heterocycles. The predicted molar refractivity (Wildman–Crippen MR) is 61.4 cm³/mol. The fourth-order valence-corrected chi connectivity index (χ4v) is 2.47. The number of halogens is 1. The van der Waals surface area contributed by atoms with Crippen molar-refractivity contribution in [2.75, 3.05) is 7.11 Å². The van der Waals surface area contributed by atoms with Crippen LogP contribution >= 0.6 is 22.6 Å². The minimum Gasteiger partial charge on any atom is -0.465 e. The van der Waals surface area contributed by atoms with Crippen LogP contribution in [0.2, 0.25) is 0 Å². The summed E-state index contributed by atoms with van der Waals surface area (Å²) in [6, 6.07) is 0.249. The van der Waals surface area contributed by atoms with Crippen molar-refractivity contribution in [3.8, 4) is 0 Å². The Kier molecular flexibility index (Phi) is 3.52. The lowest BCUT2D eigenvalue weighted by Crippen LogP contribution is -2.08. The molecule has 0 bridgehead atoms. The van der Waals surface area contributed by atoms with E-state index >= 15 is 0 Å². The Labute approximate surface area is 96.8 Å². The van der Waals surface area contributed by atoms with E-state index in [0.717, 1.165) is 9.39 Å². The summed E-state index contributed by atoms with van der Waals surface area (Å²) in [5, 5.41) is 4.29. The second-order valence-corrected chi connectivity index (χ2v) is 4.30. The second kappa shape index (κ2) is 4.29. The monoisotopic (exact) mass is 308 g/mol. The van der Waals surface area contributed by atoms with Gasteiger partial charge < -0.3 is 4.74 Å². The molecule has 0 saturated heterocycles. The molecular weight excluding hydrogens is 295 g/mol. The first-order valence-corrected chi connectivity index (χ1v) is 5.39. The molecule has 0 aliphatic rings. The number of nitrogens with zero attached hydrogens (tertiary/aromatic N) is 2. The third kappa shape index (κ3) is 1.92. The lowest BCUT2D eigenvalue weighted by Gasteiger charge is -2.06. The van der Waals surface area contributed by atoms with Crippen molar-refractivity contribution in [2.45, 2.75) is 26.8 Å². The molecule has 0 aromatic carbocycles. The van der Waals surface area contributed by atoms with Crippen LogP contribution in [-0.2, 0) is 4.74 Å². The lowest BCUT2D eigenvalue weighted by molar-refractivity contribution is 0.0598. The first-order valence-electron chi connectivity index (χ1n) is 4.32. The first-order chi connectivity index (χ1) is 6.49. The maximum atomic E-state index is 11.4. The largest absolute Gasteiger partial charge is 0.465 e. The molecule has 0 radical (unpaired) electrons. The Hall–Kier alpha value is -0.590. The van der Waals surface area contributed by atoms with E-state index in [0.29, 0.717) is 5.56 Å². The summed E-state index contributed by atoms with van der Waals surface area (Å²) in [4.78, 5) is 11.4. The van der Waals surface area contributed by atoms with E-state index in [2.05, 4.69) is 27.7 Å². The predicted octanol–water partition coefficient (Wildman–Crippen LogP) is 2.16. The van der Waals surface area contributed by atoms with Crippen molar-refractivity contribution < 1.29 is 9.53 Å². The summed E-state index contributed by atoms with van der Waals surface area (Å²) < 4.78 is 7.35. The standard InChI is InChI=1S/C9H13IN2O2/c1-5(2)12-8(10)7(6(3)11-12)9(13)14-4/h5H,1-4H3. The van der Waals surface area contributed by atoms with E-state index in [1.165, 1.54) is 7.11 Å². The molecule has 5 heteroatoms. The average Bonchev–Trinajstić information content (AvgIpc) is 2.41. The molecule has 1 aromatic heterocycles. The summed E-state index contributed by atoms with van der Waals surface area (Å²) in [5.41, 5.74) is 1.29. The first kappa shape index (κ1) is 11.5. The van der Waals surface area contributed by atoms with Gasteiger partial charge in [-0.2, -0.15) is 5.10 Å². The number of aryl methyl sites for hydroxylation is 1. The molecule has 78 valence electrons. The van der Waals surface area contributed by atoms with E-state index in [1.54, 1.807) is 0 Å². The van der Waals surface area contributed by atoms with Crippen LogP contribution in [0.15, 0.2) is 0 Å². The van der Waals surface area contributed by atoms with Crippen molar-refractivity contribution >= 4 is 28.6 Å². The number of carbonyl (C=O) groups excluding carboxylic acids is 1. The maximum absolute atomic E-state index is 11.4. The van der Waals surface area contributed by atoms with Crippen LogP contribution < -0.4 is 0 Å². The van der Waals surface area contributed by atoms with Gasteiger partial charge in [0.25, 0.3) is 0 Å². The summed E-state index contributed by atoms with van der Waals surface area (Å²) in [6.45, 7) is 5.86. The van der Waals surface area contributed by atoms with Crippen molar-refractivity contribution in [2.24, 2.45) is 0 Å². The molecule has 0 amide bonds. The average molecular weight is 308 g/mol. The zero-order valence-corrected chi connectivity index (χ0v) is 10.8. The summed E-state index contributed by atoms with van der Waals surface area (Å²) >= 11 is 2.12. The molecule has 0 unspecified atom stereocenters. The molecule has 0 N–H and O–H groups in total. The molecule has 14 heavy (non-hydrogen) atoms. The highest BCUT2D eigenvalue weighted by molar-refractivity contribution is 14.1. The van der Waals surface area contributed by atoms with Gasteiger partial charge in [-0.05, 0) is 43.4 Å². The number of hydrogen-bond donors (Lipinski definition) is 0. The minimum absolute atomic E-state index is 0.249. The topological polar surface area (TPSA) is 44.1 Å². The van der Waals surface area contributed by atoms with Crippen LogP contribution in [0.4, 0.5) is 0 Å². The highest BCUT2D eigenvalue weighted by Crippen LogP contribution is 2.20. The number of rotatable bonds is 2. The van der Waals surface area contributed by atoms with Gasteiger partial charge in [0.1, 0.15) is 9.26 Å². The van der Waals surface area contributed by atoms with Crippen LogP contribution in [0.1, 0.15) is 35.9 Å². The summed E-state index contributed by atoms with van der Waals surface area (Å²) in [7, 11) is 1.38. The van der Waals surface area contributed by atoms with Gasteiger partial charge in [-0.1, -0.05) is 0 Å². The van der Waals surface area contributed by atoms with Crippen molar-refractivity contribution in [3.63, 3.8) is 0 Å². The van der Waals surface area contributed by atoms with Gasteiger partial charge in [0.05, 0.1) is 12.8 Å². The van der Waals surface area contributed by atoms with Crippen LogP contribution in [-0.4, -0.2) is 22.9 Å². The molecule has 4 nitrogen and oxygen atoms in total. The van der Waals surface area contributed by atoms with Gasteiger partial charge in [-0.3, -0.25) is 4.68 Å². The SMILES string of the molecule is COC(=O)c1c(C)nn(C(C)C)c1I. The van der Waals surface area contributed by atoms with E-state index < -0.39 is 0 Å². The van der Waals surface area contributed by atoms with Gasteiger partial charge in [0.15, 0.2) is 0 Å². The second-order valence-electron chi connectivity index (χ2n) is 3.28. The normalized spacial score (nSPS) is 10.7. The number of methoxy groups -OCH3 is 1. The molecular formula is C9H13IN2O2. The highest BCUT2D eigenvalue weighted by Gasteiger charge is 2.21. The highest BCUT2D eigenvalue weighted by atomic mass is 127. The zero-order valence-electron chi connectivity index (χ0n) is 8.67. The zero-order chi connectivity index (χ0) is 10.9. The third-order valence-electron chi connectivity index (χ3n) is 1.91. The Morgan fingerprint density at radius 3 is 2.50 bits per heavy atom. The summed E-state index contributed by atoms with van der Waals surface area (Å²) in [5.74, 6) is -0.321. The van der Waals surface area contributed by atoms with Gasteiger partial charge in [-0.25, -0.2) is 4.79 Å². The lowest BCUT2D eigenvalue weighted by atomic mass is 10.3. The Balaban J connectivity index is 3.24. The third-order valence-corrected chi connectivity index (χ3v) is 2.94. The van der Waals surface area contributed by atoms with Crippen molar-refractivity contribution in [1.29, 1.82) is 0 Å². The molecule has 1 rings (SSSR count). The molecule has 0 aliphatic carbocycles. The van der Waals surface area contributed by atoms with E-state index in [4.69, 9.17) is 4.74 Å². The van der Waals surface area contributed by atoms with Crippen LogP contribution in [0.3, 0.4) is 0 Å². The number of hydrogen-bond acceptors (Lipinski definition) is 3. The Bertz CT molecular complexity index is 358. The maximum Gasteiger partial charge on any atom is 0.342 e. The van der Waals surface area contributed by atoms with E-state index in [1.807, 2.05) is 25.5 Å². The summed E-state index contributed by atoms with van der Waals surface area (Å²) in [6.07, 6.45) is 0. The fourth-order valence-electron chi connectivity index (χ4n) is 1.20. The van der Waals surface area contributed by atoms with E-state index in [9.17, 15) is 4.79 Å². The van der Waals surface area contributed by atoms with Crippen LogP contribution in [0.25, 0.3) is 0 Å². The number of ether oxygens (including phenoxy) is 1. The number of carbonyl (C=O) groups is 1. The minimum atomic E-state index is -0.321. The Morgan fingerprint density at radius 2 is 2.14 bits per heavy atom. The van der Waals surface area contributed by atoms with Gasteiger partial charge >= 0.3 is 5.97 Å². The number of esters is 1. The molecule has 1 aromatic rings. The smallest absolute Gasteiger partial charge is 0.342 e. The Morgan fingerprint density at radius 1 is 1.57 bits per heavy atom. The number of aromatic nitrogens is 2. The van der Waals surface area contributed by atoms with Gasteiger partial charge in [0.2, 0.25) is 0 Å².